The van der Waals surface area contributed by atoms with Gasteiger partial charge in [-0.15, -0.1) is 0 Å². The molecule has 0 unspecified atom stereocenters. The van der Waals surface area contributed by atoms with Crippen LogP contribution in [-0.4, -0.2) is 53.8 Å². The van der Waals surface area contributed by atoms with E-state index in [4.69, 9.17) is 5.73 Å². The van der Waals surface area contributed by atoms with Crippen molar-refractivity contribution in [2.45, 2.75) is 18.9 Å². The van der Waals surface area contributed by atoms with Gasteiger partial charge in [0.1, 0.15) is 5.82 Å². The Bertz CT molecular complexity index is 780. The zero-order valence-corrected chi connectivity index (χ0v) is 15.2. The minimum absolute atomic E-state index is 0.0880. The van der Waals surface area contributed by atoms with Crippen molar-refractivity contribution in [1.29, 1.82) is 0 Å². The average Bonchev–Trinajstić information content (AvgIpc) is 2.94. The lowest BCUT2D eigenvalue weighted by atomic mass is 10.1. The molecule has 1 aliphatic heterocycles. The lowest BCUT2D eigenvalue weighted by Crippen LogP contribution is -2.46. The third kappa shape index (κ3) is 4.92. The highest BCUT2D eigenvalue weighted by atomic mass is 19.1. The van der Waals surface area contributed by atoms with Gasteiger partial charge in [-0.25, -0.2) is 4.39 Å². The van der Waals surface area contributed by atoms with Gasteiger partial charge in [0.05, 0.1) is 6.04 Å². The third-order valence-electron chi connectivity index (χ3n) is 4.80. The van der Waals surface area contributed by atoms with Crippen LogP contribution in [0.25, 0.3) is 0 Å². The molecule has 1 fully saturated rings. The molecule has 1 saturated heterocycles. The van der Waals surface area contributed by atoms with Crippen LogP contribution in [0.5, 0.6) is 0 Å². The number of hydrogen-bond acceptors (Lipinski definition) is 3. The van der Waals surface area contributed by atoms with Crippen LogP contribution in [0.1, 0.15) is 22.3 Å². The largest absolute Gasteiger partial charge is 0.339 e. The summed E-state index contributed by atoms with van der Waals surface area (Å²) in [6.45, 7) is 2.04. The van der Waals surface area contributed by atoms with E-state index in [0.717, 1.165) is 5.56 Å². The average molecular weight is 369 g/mol. The van der Waals surface area contributed by atoms with E-state index in [9.17, 15) is 14.0 Å². The Morgan fingerprint density at radius 1 is 0.926 bits per heavy atom. The van der Waals surface area contributed by atoms with E-state index in [1.54, 1.807) is 9.80 Å². The molecule has 2 aromatic rings. The second-order valence-electron chi connectivity index (χ2n) is 6.77. The van der Waals surface area contributed by atoms with Crippen LogP contribution in [-0.2, 0) is 11.2 Å². The summed E-state index contributed by atoms with van der Waals surface area (Å²) >= 11 is 0. The van der Waals surface area contributed by atoms with Gasteiger partial charge < -0.3 is 15.5 Å². The monoisotopic (exact) mass is 369 g/mol. The van der Waals surface area contributed by atoms with Gasteiger partial charge in [0.15, 0.2) is 0 Å². The number of hydrogen-bond donors (Lipinski definition) is 1. The van der Waals surface area contributed by atoms with E-state index in [1.165, 1.54) is 24.3 Å². The van der Waals surface area contributed by atoms with Crippen molar-refractivity contribution < 1.29 is 14.0 Å². The number of amides is 2. The van der Waals surface area contributed by atoms with Gasteiger partial charge in [0.25, 0.3) is 5.91 Å². The summed E-state index contributed by atoms with van der Waals surface area (Å²) in [7, 11) is 0. The second kappa shape index (κ2) is 8.77. The number of carbonyl (C=O) groups excluding carboxylic acids is 2. The van der Waals surface area contributed by atoms with E-state index in [2.05, 4.69) is 0 Å². The molecule has 0 saturated carbocycles. The number of carbonyl (C=O) groups is 2. The van der Waals surface area contributed by atoms with Crippen molar-refractivity contribution in [2.24, 2.45) is 5.73 Å². The summed E-state index contributed by atoms with van der Waals surface area (Å²) in [6.07, 6.45) is 1.19. The van der Waals surface area contributed by atoms with Crippen molar-refractivity contribution in [2.75, 3.05) is 26.2 Å². The zero-order chi connectivity index (χ0) is 19.2. The molecule has 6 heteroatoms. The van der Waals surface area contributed by atoms with Gasteiger partial charge in [-0.3, -0.25) is 9.59 Å². The van der Waals surface area contributed by atoms with Crippen LogP contribution < -0.4 is 5.73 Å². The highest BCUT2D eigenvalue weighted by molar-refractivity contribution is 5.94. The Morgan fingerprint density at radius 3 is 2.26 bits per heavy atom. The maximum absolute atomic E-state index is 13.0. The Morgan fingerprint density at radius 2 is 1.56 bits per heavy atom. The standard InChI is InChI=1S/C21H24FN3O2/c22-18-9-7-17(8-10-18)20(26)24-11-4-12-25(14-13-24)21(27)19(23)15-16-5-2-1-3-6-16/h1-3,5-10,19H,4,11-15,23H2/t19-/m0/s1. The lowest BCUT2D eigenvalue weighted by molar-refractivity contribution is -0.132. The normalized spacial score (nSPS) is 15.9. The predicted molar refractivity (Wildman–Crippen MR) is 102 cm³/mol. The van der Waals surface area contributed by atoms with Crippen LogP contribution in [0.4, 0.5) is 4.39 Å². The molecular weight excluding hydrogens is 345 g/mol. The Balaban J connectivity index is 1.58. The summed E-state index contributed by atoms with van der Waals surface area (Å²) in [6, 6.07) is 14.6. The molecule has 2 amide bonds. The Hall–Kier alpha value is -2.73. The van der Waals surface area contributed by atoms with Crippen molar-refractivity contribution in [3.05, 3.63) is 71.5 Å². The molecule has 1 aliphatic rings. The van der Waals surface area contributed by atoms with E-state index >= 15 is 0 Å². The SMILES string of the molecule is N[C@@H](Cc1ccccc1)C(=O)N1CCCN(C(=O)c2ccc(F)cc2)CC1. The minimum atomic E-state index is -0.591. The van der Waals surface area contributed by atoms with Crippen LogP contribution in [0, 0.1) is 5.82 Å². The smallest absolute Gasteiger partial charge is 0.253 e. The number of halogens is 1. The molecule has 1 atom stereocenters. The van der Waals surface area contributed by atoms with Crippen molar-refractivity contribution in [3.63, 3.8) is 0 Å². The Kier molecular flexibility index (Phi) is 6.19. The first-order valence-electron chi connectivity index (χ1n) is 9.18. The van der Waals surface area contributed by atoms with Crippen molar-refractivity contribution in [3.8, 4) is 0 Å². The topological polar surface area (TPSA) is 66.6 Å². The highest BCUT2D eigenvalue weighted by Crippen LogP contribution is 2.12. The highest BCUT2D eigenvalue weighted by Gasteiger charge is 2.26. The quantitative estimate of drug-likeness (QED) is 0.897. The maximum Gasteiger partial charge on any atom is 0.253 e. The maximum atomic E-state index is 13.0. The summed E-state index contributed by atoms with van der Waals surface area (Å²) in [4.78, 5) is 28.7. The van der Waals surface area contributed by atoms with Gasteiger partial charge >= 0.3 is 0 Å². The molecule has 2 N–H and O–H groups in total. The molecule has 2 aromatic carbocycles. The van der Waals surface area contributed by atoms with Gasteiger partial charge in [-0.05, 0) is 42.7 Å². The molecule has 0 radical (unpaired) electrons. The van der Waals surface area contributed by atoms with E-state index in [0.29, 0.717) is 44.6 Å². The second-order valence-corrected chi connectivity index (χ2v) is 6.77. The summed E-state index contributed by atoms with van der Waals surface area (Å²) in [5.41, 5.74) is 7.61. The first kappa shape index (κ1) is 19.0. The molecule has 0 aliphatic carbocycles. The van der Waals surface area contributed by atoms with Crippen LogP contribution in [0.3, 0.4) is 0 Å². The van der Waals surface area contributed by atoms with Crippen LogP contribution in [0.2, 0.25) is 0 Å². The Labute approximate surface area is 158 Å². The fourth-order valence-electron chi connectivity index (χ4n) is 3.31. The minimum Gasteiger partial charge on any atom is -0.339 e. The number of rotatable bonds is 4. The van der Waals surface area contributed by atoms with E-state index in [-0.39, 0.29) is 17.6 Å². The van der Waals surface area contributed by atoms with Crippen LogP contribution in [0.15, 0.2) is 54.6 Å². The fraction of sp³-hybridized carbons (Fsp3) is 0.333. The number of nitrogens with zero attached hydrogens (tertiary/aromatic N) is 2. The zero-order valence-electron chi connectivity index (χ0n) is 15.2. The molecule has 142 valence electrons. The molecule has 1 heterocycles. The summed E-state index contributed by atoms with van der Waals surface area (Å²) in [5, 5.41) is 0. The van der Waals surface area contributed by atoms with E-state index < -0.39 is 6.04 Å². The first-order valence-corrected chi connectivity index (χ1v) is 9.18. The molecule has 0 bridgehead atoms. The van der Waals surface area contributed by atoms with Crippen molar-refractivity contribution in [1.82, 2.24) is 9.80 Å². The van der Waals surface area contributed by atoms with Gasteiger partial charge in [0, 0.05) is 31.7 Å². The third-order valence-corrected chi connectivity index (χ3v) is 4.80. The van der Waals surface area contributed by atoms with Crippen molar-refractivity contribution >= 4 is 11.8 Å². The lowest BCUT2D eigenvalue weighted by Gasteiger charge is -2.25. The molecule has 27 heavy (non-hydrogen) atoms. The molecule has 5 nitrogen and oxygen atoms in total. The predicted octanol–water partition coefficient (Wildman–Crippen LogP) is 2.07. The molecule has 0 spiro atoms. The molecular formula is C21H24FN3O2. The number of benzene rings is 2. The molecule has 3 rings (SSSR count). The summed E-state index contributed by atoms with van der Waals surface area (Å²) < 4.78 is 13.0. The fourth-order valence-corrected chi connectivity index (χ4v) is 3.31. The van der Waals surface area contributed by atoms with Gasteiger partial charge in [0.2, 0.25) is 5.91 Å². The van der Waals surface area contributed by atoms with E-state index in [1.807, 2.05) is 30.3 Å². The summed E-state index contributed by atoms with van der Waals surface area (Å²) in [5.74, 6) is -0.598. The van der Waals surface area contributed by atoms with Crippen LogP contribution >= 0.6 is 0 Å². The first-order chi connectivity index (χ1) is 13.0. The van der Waals surface area contributed by atoms with Gasteiger partial charge in [-0.1, -0.05) is 30.3 Å². The van der Waals surface area contributed by atoms with Gasteiger partial charge in [-0.2, -0.15) is 0 Å². The molecule has 0 aromatic heterocycles. The number of nitrogens with two attached hydrogens (primary N) is 1.